The van der Waals surface area contributed by atoms with Crippen molar-refractivity contribution >= 4 is 35.8 Å². The summed E-state index contributed by atoms with van der Waals surface area (Å²) in [5.74, 6) is 1.41. The van der Waals surface area contributed by atoms with Gasteiger partial charge in [-0.3, -0.25) is 14.5 Å². The number of benzene rings is 1. The Balaban J connectivity index is 0.00000341. The van der Waals surface area contributed by atoms with Crippen molar-refractivity contribution in [1.82, 2.24) is 25.7 Å². The molecule has 1 saturated carbocycles. The van der Waals surface area contributed by atoms with Crippen molar-refractivity contribution in [2.24, 2.45) is 12.0 Å². The van der Waals surface area contributed by atoms with Crippen LogP contribution in [-0.4, -0.2) is 47.9 Å². The van der Waals surface area contributed by atoms with Crippen molar-refractivity contribution in [2.45, 2.75) is 45.7 Å². The Morgan fingerprint density at radius 2 is 1.94 bits per heavy atom. The van der Waals surface area contributed by atoms with Gasteiger partial charge >= 0.3 is 0 Å². The molecule has 1 aliphatic rings. The zero-order chi connectivity index (χ0) is 21.5. The summed E-state index contributed by atoms with van der Waals surface area (Å²) in [6.45, 7) is 5.60. The number of guanidine groups is 1. The first-order valence-electron chi connectivity index (χ1n) is 10.4. The van der Waals surface area contributed by atoms with Crippen molar-refractivity contribution in [3.63, 3.8) is 0 Å². The highest BCUT2D eigenvalue weighted by Gasteiger charge is 2.23. The molecule has 8 nitrogen and oxygen atoms in total. The third-order valence-corrected chi connectivity index (χ3v) is 5.26. The van der Waals surface area contributed by atoms with Crippen LogP contribution in [0.15, 0.2) is 29.3 Å². The number of nitrogens with zero attached hydrogens (tertiary/aromatic N) is 3. The zero-order valence-corrected chi connectivity index (χ0v) is 21.0. The highest BCUT2D eigenvalue weighted by atomic mass is 127. The number of nitrogens with one attached hydrogen (secondary N) is 3. The molecule has 0 atom stereocenters. The van der Waals surface area contributed by atoms with Crippen molar-refractivity contribution < 1.29 is 9.53 Å². The van der Waals surface area contributed by atoms with E-state index in [2.05, 4.69) is 33.0 Å². The summed E-state index contributed by atoms with van der Waals surface area (Å²) < 4.78 is 7.44. The summed E-state index contributed by atoms with van der Waals surface area (Å²) in [5, 5.41) is 14.0. The summed E-state index contributed by atoms with van der Waals surface area (Å²) >= 11 is 0. The summed E-state index contributed by atoms with van der Waals surface area (Å²) in [5.41, 5.74) is 4.57. The quantitative estimate of drug-likeness (QED) is 0.258. The maximum atomic E-state index is 11.7. The highest BCUT2D eigenvalue weighted by molar-refractivity contribution is 14.0. The van der Waals surface area contributed by atoms with Gasteiger partial charge in [-0.15, -0.1) is 24.0 Å². The Hall–Kier alpha value is -2.30. The molecule has 0 bridgehead atoms. The molecule has 3 rings (SSSR count). The summed E-state index contributed by atoms with van der Waals surface area (Å²) in [6.07, 6.45) is 3.02. The molecule has 0 unspecified atom stereocenters. The average molecular weight is 540 g/mol. The van der Waals surface area contributed by atoms with Crippen LogP contribution >= 0.6 is 24.0 Å². The maximum Gasteiger partial charge on any atom is 0.258 e. The number of hydrogen-bond donors (Lipinski definition) is 3. The van der Waals surface area contributed by atoms with Gasteiger partial charge in [0.2, 0.25) is 0 Å². The smallest absolute Gasteiger partial charge is 0.258 e. The molecule has 1 amide bonds. The lowest BCUT2D eigenvalue weighted by molar-refractivity contribution is -0.123. The Morgan fingerprint density at radius 1 is 1.23 bits per heavy atom. The molecule has 1 aromatic carbocycles. The first-order chi connectivity index (χ1) is 14.5. The third-order valence-electron chi connectivity index (χ3n) is 5.26. The van der Waals surface area contributed by atoms with Gasteiger partial charge in [0, 0.05) is 44.5 Å². The van der Waals surface area contributed by atoms with E-state index in [1.54, 1.807) is 7.05 Å². The molecule has 0 saturated heterocycles. The first-order valence-corrected chi connectivity index (χ1v) is 10.4. The van der Waals surface area contributed by atoms with Gasteiger partial charge < -0.3 is 20.7 Å². The van der Waals surface area contributed by atoms with Crippen LogP contribution in [0.2, 0.25) is 0 Å². The topological polar surface area (TPSA) is 92.6 Å². The lowest BCUT2D eigenvalue weighted by atomic mass is 10.1. The van der Waals surface area contributed by atoms with Crippen LogP contribution in [-0.2, 0) is 24.8 Å². The van der Waals surface area contributed by atoms with Crippen LogP contribution in [0.3, 0.4) is 0 Å². The van der Waals surface area contributed by atoms with Crippen LogP contribution in [0.5, 0.6) is 5.75 Å². The second-order valence-corrected chi connectivity index (χ2v) is 7.65. The summed E-state index contributed by atoms with van der Waals surface area (Å²) in [7, 11) is 3.72. The highest BCUT2D eigenvalue weighted by Crippen LogP contribution is 2.18. The number of rotatable bonds is 9. The minimum absolute atomic E-state index is 0. The number of aryl methyl sites for hydroxylation is 2. The molecule has 9 heteroatoms. The SMILES string of the molecule is CN=C(NCCc1ccc(OCC(=O)NC2CC2)cc1)NCc1c(C)nn(C)c1C.I. The van der Waals surface area contributed by atoms with E-state index in [0.717, 1.165) is 43.2 Å². The van der Waals surface area contributed by atoms with Gasteiger partial charge in [0.25, 0.3) is 5.91 Å². The van der Waals surface area contributed by atoms with E-state index in [4.69, 9.17) is 4.74 Å². The summed E-state index contributed by atoms with van der Waals surface area (Å²) in [6, 6.07) is 8.21. The number of aromatic nitrogens is 2. The fourth-order valence-electron chi connectivity index (χ4n) is 3.19. The molecule has 0 aliphatic heterocycles. The lowest BCUT2D eigenvalue weighted by Crippen LogP contribution is -2.38. The van der Waals surface area contributed by atoms with Crippen molar-refractivity contribution in [2.75, 3.05) is 20.2 Å². The Morgan fingerprint density at radius 3 is 2.52 bits per heavy atom. The second kappa shape index (κ2) is 11.9. The molecule has 2 aromatic rings. The molecule has 31 heavy (non-hydrogen) atoms. The average Bonchev–Trinajstić information content (AvgIpc) is 3.51. The molecule has 3 N–H and O–H groups in total. The van der Waals surface area contributed by atoms with Crippen LogP contribution in [0.1, 0.15) is 35.4 Å². The Bertz CT molecular complexity index is 890. The number of hydrogen-bond acceptors (Lipinski definition) is 4. The van der Waals surface area contributed by atoms with Gasteiger partial charge in [-0.1, -0.05) is 12.1 Å². The fraction of sp³-hybridized carbons (Fsp3) is 0.500. The molecule has 0 spiro atoms. The second-order valence-electron chi connectivity index (χ2n) is 7.65. The van der Waals surface area contributed by atoms with Gasteiger partial charge in [0.1, 0.15) is 5.75 Å². The van der Waals surface area contributed by atoms with Crippen molar-refractivity contribution in [3.05, 3.63) is 46.8 Å². The molecule has 1 aliphatic carbocycles. The van der Waals surface area contributed by atoms with Crippen LogP contribution in [0, 0.1) is 13.8 Å². The normalized spacial score (nSPS) is 13.4. The maximum absolute atomic E-state index is 11.7. The number of halogens is 1. The van der Waals surface area contributed by atoms with E-state index in [1.165, 1.54) is 11.1 Å². The minimum atomic E-state index is -0.0543. The Kier molecular flexibility index (Phi) is 9.60. The molecular formula is C22H33IN6O2. The van der Waals surface area contributed by atoms with Gasteiger partial charge in [-0.2, -0.15) is 5.10 Å². The zero-order valence-electron chi connectivity index (χ0n) is 18.7. The standard InChI is InChI=1S/C22H32N6O2.HI/c1-15-20(16(2)28(4)27-15)13-25-22(23-3)24-12-11-17-5-9-19(10-6-17)30-14-21(29)26-18-7-8-18;/h5-6,9-10,18H,7-8,11-14H2,1-4H3,(H,26,29)(H2,23,24,25);1H. The monoisotopic (exact) mass is 540 g/mol. The van der Waals surface area contributed by atoms with Gasteiger partial charge in [0.15, 0.2) is 12.6 Å². The minimum Gasteiger partial charge on any atom is -0.484 e. The van der Waals surface area contributed by atoms with Crippen molar-refractivity contribution in [1.29, 1.82) is 0 Å². The predicted molar refractivity (Wildman–Crippen MR) is 133 cm³/mol. The number of amides is 1. The van der Waals surface area contributed by atoms with Gasteiger partial charge in [0.05, 0.1) is 5.69 Å². The number of ether oxygens (including phenoxy) is 1. The van der Waals surface area contributed by atoms with E-state index < -0.39 is 0 Å². The van der Waals surface area contributed by atoms with Gasteiger partial charge in [-0.05, 0) is 50.8 Å². The first kappa shape index (κ1) is 25.0. The van der Waals surface area contributed by atoms with E-state index in [1.807, 2.05) is 42.9 Å². The molecule has 0 radical (unpaired) electrons. The fourth-order valence-corrected chi connectivity index (χ4v) is 3.19. The van der Waals surface area contributed by atoms with E-state index >= 15 is 0 Å². The number of carbonyl (C=O) groups excluding carboxylic acids is 1. The van der Waals surface area contributed by atoms with E-state index in [9.17, 15) is 4.79 Å². The van der Waals surface area contributed by atoms with Crippen LogP contribution < -0.4 is 20.7 Å². The van der Waals surface area contributed by atoms with Crippen LogP contribution in [0.25, 0.3) is 0 Å². The van der Waals surface area contributed by atoms with Gasteiger partial charge in [-0.25, -0.2) is 0 Å². The molecule has 1 fully saturated rings. The molecule has 1 heterocycles. The van der Waals surface area contributed by atoms with E-state index in [0.29, 0.717) is 18.3 Å². The summed E-state index contributed by atoms with van der Waals surface area (Å²) in [4.78, 5) is 16.0. The lowest BCUT2D eigenvalue weighted by Gasteiger charge is -2.12. The van der Waals surface area contributed by atoms with Crippen molar-refractivity contribution in [3.8, 4) is 5.75 Å². The predicted octanol–water partition coefficient (Wildman–Crippen LogP) is 2.22. The third kappa shape index (κ3) is 7.71. The molecule has 1 aromatic heterocycles. The van der Waals surface area contributed by atoms with Crippen LogP contribution in [0.4, 0.5) is 0 Å². The largest absolute Gasteiger partial charge is 0.484 e. The van der Waals surface area contributed by atoms with E-state index in [-0.39, 0.29) is 36.5 Å². The number of carbonyl (C=O) groups is 1. The molecular weight excluding hydrogens is 507 g/mol. The Labute approximate surface area is 201 Å². The number of aliphatic imine (C=N–C) groups is 1. The molecule has 170 valence electrons.